The number of nitrogens with one attached hydrogen (secondary N) is 1. The van der Waals surface area contributed by atoms with E-state index in [0.29, 0.717) is 33.9 Å². The topological polar surface area (TPSA) is 49.4 Å². The van der Waals surface area contributed by atoms with Gasteiger partial charge in [-0.15, -0.1) is 0 Å². The molecule has 2 aliphatic rings. The van der Waals surface area contributed by atoms with Crippen LogP contribution >= 0.6 is 11.6 Å². The van der Waals surface area contributed by atoms with Gasteiger partial charge in [0.25, 0.3) is 0 Å². The van der Waals surface area contributed by atoms with Gasteiger partial charge in [-0.2, -0.15) is 4.31 Å². The van der Waals surface area contributed by atoms with Gasteiger partial charge in [0, 0.05) is 17.6 Å². The van der Waals surface area contributed by atoms with E-state index in [9.17, 15) is 8.42 Å². The molecular weight excluding hydrogens is 308 g/mol. The van der Waals surface area contributed by atoms with Crippen molar-refractivity contribution in [3.8, 4) is 0 Å². The molecule has 2 heterocycles. The van der Waals surface area contributed by atoms with E-state index in [1.807, 2.05) is 0 Å². The minimum Gasteiger partial charge on any atom is -0.316 e. The van der Waals surface area contributed by atoms with Crippen LogP contribution in [0.3, 0.4) is 0 Å². The fraction of sp³-hybridized carbons (Fsp3) is 0.600. The molecule has 4 nitrogen and oxygen atoms in total. The molecule has 21 heavy (non-hydrogen) atoms. The van der Waals surface area contributed by atoms with Crippen molar-refractivity contribution in [1.82, 2.24) is 9.62 Å². The molecule has 1 aromatic rings. The summed E-state index contributed by atoms with van der Waals surface area (Å²) in [7, 11) is -3.47. The van der Waals surface area contributed by atoms with Crippen LogP contribution in [0.1, 0.15) is 18.9 Å². The van der Waals surface area contributed by atoms with E-state index in [2.05, 4.69) is 12.2 Å². The summed E-state index contributed by atoms with van der Waals surface area (Å²) in [5.74, 6) is 0.869. The van der Waals surface area contributed by atoms with Gasteiger partial charge >= 0.3 is 0 Å². The summed E-state index contributed by atoms with van der Waals surface area (Å²) < 4.78 is 27.8. The van der Waals surface area contributed by atoms with Crippen molar-refractivity contribution in [1.29, 1.82) is 0 Å². The average Bonchev–Trinajstić information content (AvgIpc) is 3.01. The van der Waals surface area contributed by atoms with Crippen molar-refractivity contribution >= 4 is 21.6 Å². The number of hydrogen-bond donors (Lipinski definition) is 1. The Morgan fingerprint density at radius 2 is 2.14 bits per heavy atom. The summed E-state index contributed by atoms with van der Waals surface area (Å²) in [6.07, 6.45) is 0.849. The van der Waals surface area contributed by atoms with E-state index < -0.39 is 10.0 Å². The first-order chi connectivity index (χ1) is 9.96. The van der Waals surface area contributed by atoms with Crippen LogP contribution in [0.5, 0.6) is 0 Å². The van der Waals surface area contributed by atoms with E-state index in [1.54, 1.807) is 29.4 Å². The van der Waals surface area contributed by atoms with Crippen molar-refractivity contribution in [2.75, 3.05) is 19.6 Å². The molecule has 116 valence electrons. The minimum atomic E-state index is -3.47. The second-order valence-corrected chi connectivity index (χ2v) is 8.26. The van der Waals surface area contributed by atoms with E-state index >= 15 is 0 Å². The van der Waals surface area contributed by atoms with Crippen LogP contribution < -0.4 is 5.32 Å². The molecule has 0 aliphatic carbocycles. The molecular formula is C15H21ClN2O2S. The van der Waals surface area contributed by atoms with E-state index in [4.69, 9.17) is 11.6 Å². The normalized spacial score (nSPS) is 29.8. The van der Waals surface area contributed by atoms with Gasteiger partial charge in [-0.1, -0.05) is 24.6 Å². The van der Waals surface area contributed by atoms with Crippen molar-refractivity contribution < 1.29 is 8.42 Å². The number of rotatable bonds is 3. The van der Waals surface area contributed by atoms with Crippen LogP contribution in [-0.2, 0) is 10.0 Å². The third kappa shape index (κ3) is 2.40. The van der Waals surface area contributed by atoms with E-state index in [1.165, 1.54) is 0 Å². The summed E-state index contributed by atoms with van der Waals surface area (Å²) >= 11 is 6.10. The highest BCUT2D eigenvalue weighted by Crippen LogP contribution is 2.38. The molecule has 3 atom stereocenters. The second-order valence-electron chi connectivity index (χ2n) is 6.00. The Hall–Kier alpha value is -0.620. The molecule has 6 heteroatoms. The highest BCUT2D eigenvalue weighted by Gasteiger charge is 2.48. The zero-order chi connectivity index (χ0) is 15.2. The number of hydrogen-bond acceptors (Lipinski definition) is 3. The molecule has 3 rings (SSSR count). The summed E-state index contributed by atoms with van der Waals surface area (Å²) in [6, 6.07) is 5.20. The van der Waals surface area contributed by atoms with Crippen LogP contribution in [-0.4, -0.2) is 38.4 Å². The largest absolute Gasteiger partial charge is 0.316 e. The molecule has 1 N–H and O–H groups in total. The summed E-state index contributed by atoms with van der Waals surface area (Å²) in [4.78, 5) is 0.349. The SMILES string of the molecule is CCC1C2CNCC2CN1S(=O)(=O)c1cccc(Cl)c1C. The third-order valence-corrected chi connectivity index (χ3v) is 7.34. The Balaban J connectivity index is 2.00. The molecule has 3 unspecified atom stereocenters. The van der Waals surface area contributed by atoms with Crippen LogP contribution in [0.25, 0.3) is 0 Å². The van der Waals surface area contributed by atoms with Gasteiger partial charge in [-0.25, -0.2) is 8.42 Å². The predicted molar refractivity (Wildman–Crippen MR) is 84.0 cm³/mol. The van der Waals surface area contributed by atoms with Gasteiger partial charge in [0.2, 0.25) is 10.0 Å². The summed E-state index contributed by atoms with van der Waals surface area (Å²) in [5.41, 5.74) is 0.643. The Morgan fingerprint density at radius 3 is 2.86 bits per heavy atom. The van der Waals surface area contributed by atoms with Crippen LogP contribution in [0, 0.1) is 18.8 Å². The Kier molecular flexibility index (Phi) is 4.03. The summed E-state index contributed by atoms with van der Waals surface area (Å²) in [6.45, 7) is 6.29. The lowest BCUT2D eigenvalue weighted by molar-refractivity contribution is 0.329. The van der Waals surface area contributed by atoms with Gasteiger partial charge in [-0.3, -0.25) is 0 Å². The number of nitrogens with zero attached hydrogens (tertiary/aromatic N) is 1. The predicted octanol–water partition coefficient (Wildman–Crippen LogP) is 2.27. The smallest absolute Gasteiger partial charge is 0.243 e. The zero-order valence-electron chi connectivity index (χ0n) is 12.3. The Bertz CT molecular complexity index is 647. The maximum Gasteiger partial charge on any atom is 0.243 e. The van der Waals surface area contributed by atoms with Crippen molar-refractivity contribution in [2.24, 2.45) is 11.8 Å². The van der Waals surface area contributed by atoms with E-state index in [0.717, 1.165) is 19.5 Å². The first-order valence-electron chi connectivity index (χ1n) is 7.44. The average molecular weight is 329 g/mol. The standard InChI is InChI=1S/C15H21ClN2O2S/c1-3-14-12-8-17-7-11(12)9-18(14)21(19,20)15-6-4-5-13(16)10(15)2/h4-6,11-12,14,17H,3,7-9H2,1-2H3. The highest BCUT2D eigenvalue weighted by molar-refractivity contribution is 7.89. The molecule has 0 spiro atoms. The van der Waals surface area contributed by atoms with Crippen LogP contribution in [0.2, 0.25) is 5.02 Å². The quantitative estimate of drug-likeness (QED) is 0.926. The number of halogens is 1. The van der Waals surface area contributed by atoms with Gasteiger partial charge in [0.1, 0.15) is 0 Å². The number of sulfonamides is 1. The Morgan fingerprint density at radius 1 is 1.38 bits per heavy atom. The van der Waals surface area contributed by atoms with Crippen molar-refractivity contribution in [3.63, 3.8) is 0 Å². The first-order valence-corrected chi connectivity index (χ1v) is 9.26. The molecule has 0 radical (unpaired) electrons. The molecule has 0 bridgehead atoms. The maximum absolute atomic E-state index is 13.1. The lowest BCUT2D eigenvalue weighted by Gasteiger charge is -2.27. The minimum absolute atomic E-state index is 0.0911. The number of fused-ring (bicyclic) bond motifs is 1. The van der Waals surface area contributed by atoms with Gasteiger partial charge in [0.15, 0.2) is 0 Å². The zero-order valence-corrected chi connectivity index (χ0v) is 13.9. The third-order valence-electron chi connectivity index (χ3n) is 4.89. The highest BCUT2D eigenvalue weighted by atomic mass is 35.5. The fourth-order valence-electron chi connectivity index (χ4n) is 3.76. The molecule has 0 aromatic heterocycles. The molecule has 0 saturated carbocycles. The molecule has 2 fully saturated rings. The lowest BCUT2D eigenvalue weighted by Crippen LogP contribution is -2.39. The van der Waals surface area contributed by atoms with Gasteiger partial charge in [-0.05, 0) is 56.0 Å². The van der Waals surface area contributed by atoms with Gasteiger partial charge < -0.3 is 5.32 Å². The summed E-state index contributed by atoms with van der Waals surface area (Å²) in [5, 5.41) is 3.88. The van der Waals surface area contributed by atoms with Crippen molar-refractivity contribution in [2.45, 2.75) is 31.2 Å². The molecule has 2 aliphatic heterocycles. The van der Waals surface area contributed by atoms with Crippen LogP contribution in [0.15, 0.2) is 23.1 Å². The first kappa shape index (κ1) is 15.3. The second kappa shape index (κ2) is 5.54. The van der Waals surface area contributed by atoms with E-state index in [-0.39, 0.29) is 6.04 Å². The fourth-order valence-corrected chi connectivity index (χ4v) is 6.04. The Labute approximate surface area is 131 Å². The lowest BCUT2D eigenvalue weighted by atomic mass is 9.93. The molecule has 2 saturated heterocycles. The van der Waals surface area contributed by atoms with Crippen molar-refractivity contribution in [3.05, 3.63) is 28.8 Å². The maximum atomic E-state index is 13.1. The van der Waals surface area contributed by atoms with Crippen LogP contribution in [0.4, 0.5) is 0 Å². The number of benzene rings is 1. The van der Waals surface area contributed by atoms with Gasteiger partial charge in [0.05, 0.1) is 4.90 Å². The molecule has 0 amide bonds. The molecule has 1 aromatic carbocycles. The monoisotopic (exact) mass is 328 g/mol.